The molecule has 0 fully saturated rings. The van der Waals surface area contributed by atoms with E-state index >= 15 is 0 Å². The number of aromatic nitrogens is 2. The maximum Gasteiger partial charge on any atom is 0.203 e. The molecule has 0 aromatic carbocycles. The first-order chi connectivity index (χ1) is 9.02. The fourth-order valence-corrected chi connectivity index (χ4v) is 2.29. The van der Waals surface area contributed by atoms with Crippen molar-refractivity contribution in [1.29, 1.82) is 0 Å². The smallest absolute Gasteiger partial charge is 0.203 e. The van der Waals surface area contributed by atoms with E-state index < -0.39 is 0 Å². The molecule has 1 rings (SSSR count). The van der Waals surface area contributed by atoms with Crippen LogP contribution in [0, 0.1) is 12.8 Å². The molecule has 1 heterocycles. The summed E-state index contributed by atoms with van der Waals surface area (Å²) >= 11 is 0. The molecule has 0 spiro atoms. The van der Waals surface area contributed by atoms with Crippen LogP contribution in [0.15, 0.2) is 6.20 Å². The summed E-state index contributed by atoms with van der Waals surface area (Å²) in [5.41, 5.74) is 1.10. The second-order valence-electron chi connectivity index (χ2n) is 6.12. The second kappa shape index (κ2) is 8.23. The van der Waals surface area contributed by atoms with Crippen molar-refractivity contribution >= 4 is 5.95 Å². The summed E-state index contributed by atoms with van der Waals surface area (Å²) in [7, 11) is 0. The fourth-order valence-electron chi connectivity index (χ4n) is 2.29. The van der Waals surface area contributed by atoms with Gasteiger partial charge in [0.1, 0.15) is 0 Å². The molecule has 0 aliphatic rings. The molecule has 19 heavy (non-hydrogen) atoms. The van der Waals surface area contributed by atoms with Crippen molar-refractivity contribution in [2.75, 3.05) is 5.32 Å². The van der Waals surface area contributed by atoms with Gasteiger partial charge in [0.15, 0.2) is 0 Å². The predicted octanol–water partition coefficient (Wildman–Crippen LogP) is 4.62. The Balaban J connectivity index is 2.46. The van der Waals surface area contributed by atoms with Crippen molar-refractivity contribution in [3.05, 3.63) is 11.9 Å². The summed E-state index contributed by atoms with van der Waals surface area (Å²) in [6, 6.07) is 0.501. The normalized spacial score (nSPS) is 12.9. The van der Waals surface area contributed by atoms with Crippen LogP contribution in [0.1, 0.15) is 65.5 Å². The van der Waals surface area contributed by atoms with E-state index in [1.165, 1.54) is 32.1 Å². The molecule has 1 atom stereocenters. The molecule has 3 heteroatoms. The zero-order valence-electron chi connectivity index (χ0n) is 13.4. The number of anilines is 1. The zero-order valence-corrected chi connectivity index (χ0v) is 13.4. The summed E-state index contributed by atoms with van der Waals surface area (Å²) in [5.74, 6) is 1.85. The van der Waals surface area contributed by atoms with Crippen molar-refractivity contribution in [2.45, 2.75) is 79.3 Å². The second-order valence-corrected chi connectivity index (χ2v) is 6.12. The van der Waals surface area contributed by atoms with Gasteiger partial charge in [-0.15, -0.1) is 0 Å². The van der Waals surface area contributed by atoms with Crippen LogP contribution in [0.5, 0.6) is 0 Å². The summed E-state index contributed by atoms with van der Waals surface area (Å²) in [6.45, 7) is 12.2. The van der Waals surface area contributed by atoms with E-state index in [4.69, 9.17) is 0 Å². The molecule has 0 amide bonds. The molecular formula is C16H31N3. The minimum atomic E-state index is 0.501. The monoisotopic (exact) mass is 265 g/mol. The molecule has 1 aromatic heterocycles. The number of nitrogens with zero attached hydrogens (tertiary/aromatic N) is 2. The van der Waals surface area contributed by atoms with Crippen molar-refractivity contribution in [3.63, 3.8) is 0 Å². The van der Waals surface area contributed by atoms with Crippen LogP contribution >= 0.6 is 0 Å². The number of unbranched alkanes of at least 4 members (excludes halogenated alkanes) is 1. The SMILES string of the molecule is CCCCn1cc(C)nc1NC(C)CCCC(C)C. The Hall–Kier alpha value is -0.990. The van der Waals surface area contributed by atoms with Crippen molar-refractivity contribution in [3.8, 4) is 0 Å². The van der Waals surface area contributed by atoms with E-state index in [-0.39, 0.29) is 0 Å². The van der Waals surface area contributed by atoms with Crippen molar-refractivity contribution in [2.24, 2.45) is 5.92 Å². The molecule has 0 bridgehead atoms. The standard InChI is InChI=1S/C16H31N3/c1-6-7-11-19-12-15(5)18-16(19)17-14(4)10-8-9-13(2)3/h12-14H,6-11H2,1-5H3,(H,17,18). The van der Waals surface area contributed by atoms with Crippen LogP contribution in [0.4, 0.5) is 5.95 Å². The average molecular weight is 265 g/mol. The van der Waals surface area contributed by atoms with Gasteiger partial charge in [0, 0.05) is 18.8 Å². The molecule has 1 aromatic rings. The lowest BCUT2D eigenvalue weighted by Crippen LogP contribution is -2.18. The minimum absolute atomic E-state index is 0.501. The number of imidazole rings is 1. The molecule has 0 saturated heterocycles. The Bertz CT molecular complexity index is 355. The first-order valence-corrected chi connectivity index (χ1v) is 7.83. The summed E-state index contributed by atoms with van der Waals surface area (Å²) in [5, 5.41) is 3.57. The van der Waals surface area contributed by atoms with Gasteiger partial charge in [0.25, 0.3) is 0 Å². The lowest BCUT2D eigenvalue weighted by atomic mass is 10.0. The number of hydrogen-bond donors (Lipinski definition) is 1. The van der Waals surface area contributed by atoms with Crippen molar-refractivity contribution < 1.29 is 0 Å². The molecule has 1 N–H and O–H groups in total. The van der Waals surface area contributed by atoms with E-state index in [0.29, 0.717) is 6.04 Å². The van der Waals surface area contributed by atoms with E-state index in [1.807, 2.05) is 0 Å². The summed E-state index contributed by atoms with van der Waals surface area (Å²) in [6.07, 6.45) is 8.42. The van der Waals surface area contributed by atoms with Crippen LogP contribution in [0.3, 0.4) is 0 Å². The van der Waals surface area contributed by atoms with Gasteiger partial charge in [0.05, 0.1) is 5.69 Å². The number of aryl methyl sites for hydroxylation is 2. The Kier molecular flexibility index (Phi) is 6.96. The first-order valence-electron chi connectivity index (χ1n) is 7.83. The Labute approximate surface area is 118 Å². The quantitative estimate of drug-likeness (QED) is 0.706. The lowest BCUT2D eigenvalue weighted by Gasteiger charge is -2.16. The molecular weight excluding hydrogens is 234 g/mol. The van der Waals surface area contributed by atoms with Crippen LogP contribution in [0.25, 0.3) is 0 Å². The number of rotatable bonds is 9. The van der Waals surface area contributed by atoms with Gasteiger partial charge in [-0.3, -0.25) is 0 Å². The molecule has 0 radical (unpaired) electrons. The molecule has 0 aliphatic carbocycles. The Morgan fingerprint density at radius 3 is 2.58 bits per heavy atom. The maximum absolute atomic E-state index is 4.60. The van der Waals surface area contributed by atoms with E-state index in [0.717, 1.165) is 24.1 Å². The van der Waals surface area contributed by atoms with Crippen molar-refractivity contribution in [1.82, 2.24) is 9.55 Å². The molecule has 1 unspecified atom stereocenters. The average Bonchev–Trinajstić information content (AvgIpc) is 2.66. The highest BCUT2D eigenvalue weighted by Crippen LogP contribution is 2.14. The van der Waals surface area contributed by atoms with Gasteiger partial charge in [-0.25, -0.2) is 4.98 Å². The van der Waals surface area contributed by atoms with Crippen LogP contribution in [-0.4, -0.2) is 15.6 Å². The predicted molar refractivity (Wildman–Crippen MR) is 83.6 cm³/mol. The van der Waals surface area contributed by atoms with Gasteiger partial charge in [-0.1, -0.05) is 40.0 Å². The molecule has 110 valence electrons. The van der Waals surface area contributed by atoms with Gasteiger partial charge >= 0.3 is 0 Å². The van der Waals surface area contributed by atoms with Gasteiger partial charge in [-0.05, 0) is 32.6 Å². The maximum atomic E-state index is 4.60. The van der Waals surface area contributed by atoms with Crippen LogP contribution in [0.2, 0.25) is 0 Å². The lowest BCUT2D eigenvalue weighted by molar-refractivity contribution is 0.517. The highest BCUT2D eigenvalue weighted by atomic mass is 15.2. The third kappa shape index (κ3) is 6.13. The van der Waals surface area contributed by atoms with E-state index in [9.17, 15) is 0 Å². The topological polar surface area (TPSA) is 29.9 Å². The van der Waals surface area contributed by atoms with E-state index in [2.05, 4.69) is 55.7 Å². The number of hydrogen-bond acceptors (Lipinski definition) is 2. The molecule has 0 aliphatic heterocycles. The summed E-state index contributed by atoms with van der Waals surface area (Å²) in [4.78, 5) is 4.60. The number of nitrogens with one attached hydrogen (secondary N) is 1. The zero-order chi connectivity index (χ0) is 14.3. The van der Waals surface area contributed by atoms with Gasteiger partial charge in [0.2, 0.25) is 5.95 Å². The summed E-state index contributed by atoms with van der Waals surface area (Å²) < 4.78 is 2.26. The Morgan fingerprint density at radius 2 is 1.95 bits per heavy atom. The fraction of sp³-hybridized carbons (Fsp3) is 0.812. The van der Waals surface area contributed by atoms with Crippen LogP contribution < -0.4 is 5.32 Å². The Morgan fingerprint density at radius 1 is 1.21 bits per heavy atom. The first kappa shape index (κ1) is 16.1. The van der Waals surface area contributed by atoms with Gasteiger partial charge in [-0.2, -0.15) is 0 Å². The highest BCUT2D eigenvalue weighted by Gasteiger charge is 2.09. The van der Waals surface area contributed by atoms with Crippen LogP contribution in [-0.2, 0) is 6.54 Å². The largest absolute Gasteiger partial charge is 0.353 e. The molecule has 0 saturated carbocycles. The third-order valence-corrected chi connectivity index (χ3v) is 3.44. The van der Waals surface area contributed by atoms with E-state index in [1.54, 1.807) is 0 Å². The van der Waals surface area contributed by atoms with Gasteiger partial charge < -0.3 is 9.88 Å². The third-order valence-electron chi connectivity index (χ3n) is 3.44. The highest BCUT2D eigenvalue weighted by molar-refractivity contribution is 5.29. The minimum Gasteiger partial charge on any atom is -0.353 e. The molecule has 3 nitrogen and oxygen atoms in total.